The van der Waals surface area contributed by atoms with Crippen LogP contribution in [0.15, 0.2) is 91.0 Å². The largest absolute Gasteiger partial charge is 0.525 e. The molecule has 2 aromatic heterocycles. The van der Waals surface area contributed by atoms with Crippen molar-refractivity contribution in [3.05, 3.63) is 102 Å². The molecule has 0 saturated carbocycles. The quantitative estimate of drug-likeness (QED) is 0.176. The van der Waals surface area contributed by atoms with E-state index >= 15 is 0 Å². The van der Waals surface area contributed by atoms with E-state index in [1.165, 1.54) is 63.9 Å². The average molecular weight is 471 g/mol. The van der Waals surface area contributed by atoms with Crippen molar-refractivity contribution in [1.29, 1.82) is 0 Å². The van der Waals surface area contributed by atoms with Gasteiger partial charge in [0.15, 0.2) is 0 Å². The minimum absolute atomic E-state index is 1.09. The maximum absolute atomic E-state index is 3.56. The molecule has 3 heteroatoms. The first-order chi connectivity index (χ1) is 16.7. The van der Waals surface area contributed by atoms with Gasteiger partial charge in [-0.05, 0) is 23.3 Å². The number of thiophene rings is 1. The van der Waals surface area contributed by atoms with Gasteiger partial charge >= 0.3 is 0 Å². The molecule has 0 N–H and O–H groups in total. The zero-order valence-corrected chi connectivity index (χ0v) is 20.5. The predicted molar refractivity (Wildman–Crippen MR) is 154 cm³/mol. The number of aromatic nitrogens is 1. The fourth-order valence-electron chi connectivity index (χ4n) is 5.22. The molecule has 0 radical (unpaired) electrons. The Bertz CT molecular complexity index is 1920. The first kappa shape index (κ1) is 20.0. The molecule has 5 aromatic carbocycles. The van der Waals surface area contributed by atoms with E-state index in [1.807, 2.05) is 11.3 Å². The number of hydrogen-bond acceptors (Lipinski definition) is 1. The van der Waals surface area contributed by atoms with Gasteiger partial charge in [0.2, 0.25) is 0 Å². The van der Waals surface area contributed by atoms with Gasteiger partial charge in [0.25, 0.3) is 0 Å². The van der Waals surface area contributed by atoms with Crippen LogP contribution in [0.2, 0.25) is 0 Å². The molecule has 7 rings (SSSR count). The van der Waals surface area contributed by atoms with Gasteiger partial charge in [-0.3, -0.25) is 0 Å². The Hall–Kier alpha value is -3.45. The second kappa shape index (κ2) is 7.53. The van der Waals surface area contributed by atoms with Crippen LogP contribution in [0.1, 0.15) is 11.1 Å². The van der Waals surface area contributed by atoms with Gasteiger partial charge in [-0.25, -0.2) is 5.30 Å². The third-order valence-electron chi connectivity index (χ3n) is 6.90. The zero-order chi connectivity index (χ0) is 22.8. The number of rotatable bonds is 2. The van der Waals surface area contributed by atoms with E-state index in [4.69, 9.17) is 0 Å². The normalized spacial score (nSPS) is 12.3. The molecule has 0 amide bonds. The van der Waals surface area contributed by atoms with Crippen LogP contribution in [0, 0.1) is 0 Å². The SMILES string of the molecule is Cn1c2cc(/C=C/c3ccc([PH-])cc3)ccc2c2ccc3c(ccc4c5ccccc5sc43)c21. The second-order valence-corrected chi connectivity index (χ2v) is 10.5. The molecule has 1 nitrogen and oxygen atoms in total. The molecule has 0 aliphatic heterocycles. The lowest BCUT2D eigenvalue weighted by Crippen LogP contribution is -1.88. The molecule has 0 bridgehead atoms. The highest BCUT2D eigenvalue weighted by Crippen LogP contribution is 2.41. The summed E-state index contributed by atoms with van der Waals surface area (Å²) in [5.74, 6) is 0. The molecule has 0 saturated heterocycles. The molecule has 0 aliphatic carbocycles. The van der Waals surface area contributed by atoms with Gasteiger partial charge in [0.1, 0.15) is 0 Å². The van der Waals surface area contributed by atoms with E-state index in [2.05, 4.69) is 124 Å². The van der Waals surface area contributed by atoms with Crippen molar-refractivity contribution < 1.29 is 0 Å². The van der Waals surface area contributed by atoms with Crippen molar-refractivity contribution in [3.8, 4) is 0 Å². The van der Waals surface area contributed by atoms with Crippen LogP contribution in [0.25, 0.3) is 64.9 Å². The molecular formula is C31H21NPS-. The van der Waals surface area contributed by atoms with E-state index in [1.54, 1.807) is 0 Å². The summed E-state index contributed by atoms with van der Waals surface area (Å²) < 4.78 is 5.09. The highest BCUT2D eigenvalue weighted by Gasteiger charge is 2.14. The van der Waals surface area contributed by atoms with Crippen LogP contribution in [-0.2, 0) is 7.05 Å². The smallest absolute Gasteiger partial charge is 0.0568 e. The number of benzene rings is 5. The van der Waals surface area contributed by atoms with Crippen LogP contribution >= 0.6 is 20.6 Å². The highest BCUT2D eigenvalue weighted by molar-refractivity contribution is 7.27. The van der Waals surface area contributed by atoms with Crippen molar-refractivity contribution >= 4 is 90.8 Å². The summed E-state index contributed by atoms with van der Waals surface area (Å²) >= 11 is 1.90. The monoisotopic (exact) mass is 470 g/mol. The highest BCUT2D eigenvalue weighted by atomic mass is 32.1. The first-order valence-electron chi connectivity index (χ1n) is 11.4. The van der Waals surface area contributed by atoms with Crippen LogP contribution in [0.4, 0.5) is 0 Å². The van der Waals surface area contributed by atoms with E-state index in [0.29, 0.717) is 0 Å². The van der Waals surface area contributed by atoms with Crippen LogP contribution in [-0.4, -0.2) is 4.57 Å². The van der Waals surface area contributed by atoms with Gasteiger partial charge in [0, 0.05) is 54.3 Å². The zero-order valence-electron chi connectivity index (χ0n) is 18.7. The molecule has 0 unspecified atom stereocenters. The van der Waals surface area contributed by atoms with Crippen LogP contribution < -0.4 is 5.30 Å². The standard InChI is InChI=1S/C31H21NPS/c1-32-28-18-20(7-6-19-8-11-21(33)12-9-19)10-13-22(28)24-14-17-27-25(30(24)32)15-16-26-23-4-2-3-5-29(23)34-31(26)27/h2-18,33H,1H3/q-1/b7-6+. The van der Waals surface area contributed by atoms with E-state index in [9.17, 15) is 0 Å². The Labute approximate surface area is 204 Å². The molecule has 0 spiro atoms. The third kappa shape index (κ3) is 2.96. The molecule has 0 fully saturated rings. The molecule has 34 heavy (non-hydrogen) atoms. The van der Waals surface area contributed by atoms with Gasteiger partial charge in [-0.2, -0.15) is 0 Å². The fraction of sp³-hybridized carbons (Fsp3) is 0.0323. The van der Waals surface area contributed by atoms with E-state index in [0.717, 1.165) is 5.30 Å². The minimum atomic E-state index is 1.09. The third-order valence-corrected chi connectivity index (χ3v) is 8.45. The van der Waals surface area contributed by atoms with Gasteiger partial charge < -0.3 is 13.8 Å². The molecular weight excluding hydrogens is 449 g/mol. The topological polar surface area (TPSA) is 4.93 Å². The van der Waals surface area contributed by atoms with Crippen LogP contribution in [0.5, 0.6) is 0 Å². The number of nitrogens with zero attached hydrogens (tertiary/aromatic N) is 1. The van der Waals surface area contributed by atoms with Gasteiger partial charge in [0.05, 0.1) is 5.52 Å². The predicted octanol–water partition coefficient (Wildman–Crippen LogP) is 8.79. The summed E-state index contributed by atoms with van der Waals surface area (Å²) in [6, 6.07) is 33.1. The maximum atomic E-state index is 3.56. The van der Waals surface area contributed by atoms with Crippen molar-refractivity contribution in [3.63, 3.8) is 0 Å². The molecule has 2 heterocycles. The molecule has 0 aliphatic rings. The second-order valence-electron chi connectivity index (χ2n) is 8.89. The summed E-state index contributed by atoms with van der Waals surface area (Å²) in [5, 5.41) is 9.07. The lowest BCUT2D eigenvalue weighted by atomic mass is 10.0. The Morgan fingerprint density at radius 3 is 2.09 bits per heavy atom. The summed E-state index contributed by atoms with van der Waals surface area (Å²) in [4.78, 5) is 0. The Morgan fingerprint density at radius 1 is 0.647 bits per heavy atom. The summed E-state index contributed by atoms with van der Waals surface area (Å²) in [5.41, 5.74) is 4.96. The maximum Gasteiger partial charge on any atom is 0.0568 e. The van der Waals surface area contributed by atoms with Gasteiger partial charge in [-0.15, -0.1) is 11.3 Å². The number of hydrogen-bond donors (Lipinski definition) is 0. The molecule has 162 valence electrons. The van der Waals surface area contributed by atoms with E-state index < -0.39 is 0 Å². The van der Waals surface area contributed by atoms with Crippen molar-refractivity contribution in [2.24, 2.45) is 7.05 Å². The molecule has 7 aromatic rings. The van der Waals surface area contributed by atoms with Crippen molar-refractivity contribution in [1.82, 2.24) is 4.57 Å². The number of aryl methyl sites for hydroxylation is 1. The summed E-state index contributed by atoms with van der Waals surface area (Å²) in [6.45, 7) is 0. The minimum Gasteiger partial charge on any atom is -0.525 e. The Morgan fingerprint density at radius 2 is 1.26 bits per heavy atom. The van der Waals surface area contributed by atoms with Crippen molar-refractivity contribution in [2.75, 3.05) is 0 Å². The lowest BCUT2D eigenvalue weighted by Gasteiger charge is -2.05. The van der Waals surface area contributed by atoms with E-state index in [-0.39, 0.29) is 0 Å². The Balaban J connectivity index is 1.44. The van der Waals surface area contributed by atoms with Gasteiger partial charge in [-0.1, -0.05) is 91.0 Å². The fourth-order valence-corrected chi connectivity index (χ4v) is 6.61. The number of fused-ring (bicyclic) bond motifs is 9. The first-order valence-corrected chi connectivity index (χ1v) is 12.7. The van der Waals surface area contributed by atoms with Crippen LogP contribution in [0.3, 0.4) is 0 Å². The summed E-state index contributed by atoms with van der Waals surface area (Å²) in [6.07, 6.45) is 4.36. The average Bonchev–Trinajstić information content (AvgIpc) is 3.39. The summed E-state index contributed by atoms with van der Waals surface area (Å²) in [7, 11) is 5.75. The lowest BCUT2D eigenvalue weighted by molar-refractivity contribution is 1.02. The molecule has 0 atom stereocenters. The Kier molecular flexibility index (Phi) is 4.42. The van der Waals surface area contributed by atoms with Crippen molar-refractivity contribution in [2.45, 2.75) is 0 Å².